The van der Waals surface area contributed by atoms with E-state index in [1.165, 1.54) is 93.5 Å². The Morgan fingerprint density at radius 2 is 1.11 bits per heavy atom. The monoisotopic (exact) mass is 624 g/mol. The zero-order valence-corrected chi connectivity index (χ0v) is 29.4. The Kier molecular flexibility index (Phi) is 6.60. The quantitative estimate of drug-likeness (QED) is 0.245. The van der Waals surface area contributed by atoms with Crippen LogP contribution >= 0.6 is 17.2 Å². The summed E-state index contributed by atoms with van der Waals surface area (Å²) in [6.07, 6.45) is 23.5. The Labute approximate surface area is 269 Å². The van der Waals surface area contributed by atoms with Crippen molar-refractivity contribution in [3.8, 4) is 0 Å². The molecule has 4 heteroatoms. The third-order valence-electron chi connectivity index (χ3n) is 14.2. The van der Waals surface area contributed by atoms with Gasteiger partial charge in [0.05, 0.1) is 0 Å². The van der Waals surface area contributed by atoms with Crippen molar-refractivity contribution in [3.05, 3.63) is 71.5 Å². The van der Waals surface area contributed by atoms with Gasteiger partial charge >= 0.3 is 0 Å². The molecule has 8 fully saturated rings. The van der Waals surface area contributed by atoms with Crippen molar-refractivity contribution in [3.63, 3.8) is 0 Å². The van der Waals surface area contributed by atoms with Gasteiger partial charge in [-0.1, -0.05) is 39.0 Å². The molecule has 1 aromatic carbocycles. The number of hydrogen-bond acceptors (Lipinski definition) is 0. The van der Waals surface area contributed by atoms with Gasteiger partial charge in [-0.2, -0.15) is 0 Å². The van der Waals surface area contributed by atoms with Crippen LogP contribution in [0.15, 0.2) is 54.9 Å². The third-order valence-corrected chi connectivity index (χ3v) is 18.1. The first kappa shape index (κ1) is 28.8. The minimum Gasteiger partial charge on any atom is -0.361 e. The molecule has 11 rings (SSSR count). The standard InChI is InChI=1S/C40H54N2P2/c1-37(2,3)33-8-9-34(32(18-33)25-44(35-6-4-10-41-35)36-7-5-11-42-36)40(43,38-19-26-12-27(20-38)14-28(13-26)21-38)39-22-29-15-30(23-39)17-31(16-29)24-39/h4-11,18,26-31,41-42H,12-17,19-25,43H2,1-3H3. The van der Waals surface area contributed by atoms with E-state index in [0.717, 1.165) is 41.7 Å². The van der Waals surface area contributed by atoms with Crippen molar-refractivity contribution in [1.82, 2.24) is 9.97 Å². The van der Waals surface area contributed by atoms with Crippen LogP contribution < -0.4 is 10.9 Å². The highest BCUT2D eigenvalue weighted by molar-refractivity contribution is 7.71. The number of H-pyrrole nitrogens is 2. The van der Waals surface area contributed by atoms with Gasteiger partial charge in [0.25, 0.3) is 0 Å². The summed E-state index contributed by atoms with van der Waals surface area (Å²) in [5.74, 6) is 5.85. The molecule has 1 unspecified atom stereocenters. The van der Waals surface area contributed by atoms with Crippen molar-refractivity contribution in [2.75, 3.05) is 0 Å². The maximum Gasteiger partial charge on any atom is 0.0448 e. The van der Waals surface area contributed by atoms with Gasteiger partial charge in [0.15, 0.2) is 0 Å². The molecule has 2 aromatic heterocycles. The summed E-state index contributed by atoms with van der Waals surface area (Å²) in [6.45, 7) is 7.24. The summed E-state index contributed by atoms with van der Waals surface area (Å²) in [5.41, 5.74) is 8.74. The molecule has 44 heavy (non-hydrogen) atoms. The first-order valence-electron chi connectivity index (χ1n) is 18.1. The maximum atomic E-state index is 3.87. The molecule has 0 spiro atoms. The predicted molar refractivity (Wildman–Crippen MR) is 189 cm³/mol. The minimum absolute atomic E-state index is 0.139. The van der Waals surface area contributed by atoms with Crippen LogP contribution in [0.25, 0.3) is 0 Å². The second kappa shape index (κ2) is 10.1. The van der Waals surface area contributed by atoms with E-state index in [2.05, 4.69) is 94.8 Å². The number of aromatic amines is 2. The molecule has 0 saturated heterocycles. The average Bonchev–Trinajstić information content (AvgIpc) is 3.69. The fraction of sp³-hybridized carbons (Fsp3) is 0.650. The molecule has 234 valence electrons. The first-order chi connectivity index (χ1) is 21.1. The van der Waals surface area contributed by atoms with Crippen molar-refractivity contribution in [2.45, 2.75) is 115 Å². The molecule has 3 aromatic rings. The Bertz CT molecular complexity index is 1360. The molecule has 8 aliphatic rings. The average molecular weight is 625 g/mol. The zero-order chi connectivity index (χ0) is 29.9. The lowest BCUT2D eigenvalue weighted by atomic mass is 9.37. The lowest BCUT2D eigenvalue weighted by Crippen LogP contribution is -2.64. The lowest BCUT2D eigenvalue weighted by Gasteiger charge is -2.72. The summed E-state index contributed by atoms with van der Waals surface area (Å²) in [5, 5.41) is 0.171. The van der Waals surface area contributed by atoms with E-state index in [1.54, 1.807) is 11.1 Å². The molecule has 8 aliphatic carbocycles. The SMILES string of the molecule is CC(C)(C)c1ccc(C(P)(C23CC4CC(CC(C4)C2)C3)C23CC4CC(CC(C4)C2)C3)c(CP(c2ccc[nH]2)c2ccc[nH]2)c1. The smallest absolute Gasteiger partial charge is 0.0448 e. The zero-order valence-electron chi connectivity index (χ0n) is 27.4. The molecule has 0 aliphatic heterocycles. The van der Waals surface area contributed by atoms with E-state index in [9.17, 15) is 0 Å². The van der Waals surface area contributed by atoms with Crippen LogP contribution in [0, 0.1) is 46.3 Å². The van der Waals surface area contributed by atoms with Crippen LogP contribution in [0.1, 0.15) is 115 Å². The number of benzene rings is 1. The van der Waals surface area contributed by atoms with Gasteiger partial charge in [0.1, 0.15) is 0 Å². The molecule has 0 amide bonds. The molecule has 0 radical (unpaired) electrons. The summed E-state index contributed by atoms with van der Waals surface area (Å²) in [7, 11) is 3.32. The molecule has 8 bridgehead atoms. The van der Waals surface area contributed by atoms with Gasteiger partial charge in [-0.3, -0.25) is 0 Å². The van der Waals surface area contributed by atoms with Gasteiger partial charge in [-0.05, 0) is 178 Å². The fourth-order valence-corrected chi connectivity index (χ4v) is 16.5. The maximum absolute atomic E-state index is 3.87. The van der Waals surface area contributed by atoms with Crippen molar-refractivity contribution in [2.24, 2.45) is 46.3 Å². The molecular formula is C40H54N2P2. The number of hydrogen-bond donors (Lipinski definition) is 2. The topological polar surface area (TPSA) is 31.6 Å². The van der Waals surface area contributed by atoms with E-state index in [4.69, 9.17) is 0 Å². The summed E-state index contributed by atoms with van der Waals surface area (Å²) >= 11 is 0. The molecule has 8 saturated carbocycles. The fourth-order valence-electron chi connectivity index (χ4n) is 13.3. The van der Waals surface area contributed by atoms with Crippen LogP contribution in [0.2, 0.25) is 0 Å². The van der Waals surface area contributed by atoms with Gasteiger partial charge in [0.2, 0.25) is 0 Å². The number of rotatable bonds is 7. The second-order valence-electron chi connectivity index (χ2n) is 18.0. The molecular weight excluding hydrogens is 570 g/mol. The van der Waals surface area contributed by atoms with Crippen LogP contribution in [-0.2, 0) is 16.7 Å². The van der Waals surface area contributed by atoms with Crippen molar-refractivity contribution in [1.29, 1.82) is 0 Å². The van der Waals surface area contributed by atoms with Gasteiger partial charge in [-0.25, -0.2) is 0 Å². The van der Waals surface area contributed by atoms with E-state index in [0.29, 0.717) is 10.8 Å². The van der Waals surface area contributed by atoms with Gasteiger partial charge < -0.3 is 9.97 Å². The second-order valence-corrected chi connectivity index (χ2v) is 21.0. The van der Waals surface area contributed by atoms with Crippen LogP contribution in [0.3, 0.4) is 0 Å². The Morgan fingerprint density at radius 1 is 0.682 bits per heavy atom. The summed E-state index contributed by atoms with van der Waals surface area (Å²) < 4.78 is 0. The highest BCUT2D eigenvalue weighted by Gasteiger charge is 2.69. The van der Waals surface area contributed by atoms with E-state index in [1.807, 2.05) is 0 Å². The molecule has 1 atom stereocenters. The lowest BCUT2D eigenvalue weighted by molar-refractivity contribution is -0.158. The van der Waals surface area contributed by atoms with Crippen molar-refractivity contribution < 1.29 is 0 Å². The Morgan fingerprint density at radius 3 is 1.48 bits per heavy atom. The highest BCUT2D eigenvalue weighted by Crippen LogP contribution is 2.78. The number of aromatic nitrogens is 2. The molecule has 2 N–H and O–H groups in total. The minimum atomic E-state index is -0.551. The molecule has 2 heterocycles. The van der Waals surface area contributed by atoms with Gasteiger partial charge in [0, 0.05) is 34.6 Å². The Balaban J connectivity index is 1.26. The van der Waals surface area contributed by atoms with Crippen LogP contribution in [0.4, 0.5) is 0 Å². The molecule has 2 nitrogen and oxygen atoms in total. The number of nitrogens with one attached hydrogen (secondary N) is 2. The van der Waals surface area contributed by atoms with Crippen LogP contribution in [-0.4, -0.2) is 9.97 Å². The Hall–Kier alpha value is -1.36. The van der Waals surface area contributed by atoms with E-state index in [-0.39, 0.29) is 10.6 Å². The largest absolute Gasteiger partial charge is 0.361 e. The summed E-state index contributed by atoms with van der Waals surface area (Å²) in [6, 6.07) is 17.1. The highest BCUT2D eigenvalue weighted by atomic mass is 31.1. The first-order valence-corrected chi connectivity index (χ1v) is 20.2. The van der Waals surface area contributed by atoms with Crippen LogP contribution in [0.5, 0.6) is 0 Å². The van der Waals surface area contributed by atoms with Crippen molar-refractivity contribution >= 4 is 28.0 Å². The third kappa shape index (κ3) is 4.32. The van der Waals surface area contributed by atoms with Gasteiger partial charge in [-0.15, -0.1) is 9.24 Å². The van der Waals surface area contributed by atoms with E-state index >= 15 is 0 Å². The predicted octanol–water partition coefficient (Wildman–Crippen LogP) is 9.78. The van der Waals surface area contributed by atoms with E-state index < -0.39 is 7.92 Å². The summed E-state index contributed by atoms with van der Waals surface area (Å²) in [4.78, 5) is 7.34. The normalized spacial score (nSPS) is 38.5.